The largest absolute Gasteiger partial charge is 0.480 e. The molecule has 104 valence electrons. The predicted molar refractivity (Wildman–Crippen MR) is 69.4 cm³/mol. The van der Waals surface area contributed by atoms with Gasteiger partial charge in [-0.25, -0.2) is 4.39 Å². The summed E-state index contributed by atoms with van der Waals surface area (Å²) in [4.78, 5) is 22.8. The molecule has 1 atom stereocenters. The minimum Gasteiger partial charge on any atom is -0.480 e. The molecule has 1 aromatic carbocycles. The Morgan fingerprint density at radius 3 is 2.26 bits per heavy atom. The highest BCUT2D eigenvalue weighted by Gasteiger charge is 2.21. The lowest BCUT2D eigenvalue weighted by Gasteiger charge is -2.26. The summed E-state index contributed by atoms with van der Waals surface area (Å²) in [6, 6.07) is 3.80. The summed E-state index contributed by atoms with van der Waals surface area (Å²) in [5.41, 5.74) is 0.635. The highest BCUT2D eigenvalue weighted by molar-refractivity contribution is 9.10. The normalized spacial score (nSPS) is 12.4. The van der Waals surface area contributed by atoms with Gasteiger partial charge in [0.05, 0.1) is 17.6 Å². The summed E-state index contributed by atoms with van der Waals surface area (Å²) >= 11 is 3.04. The third kappa shape index (κ3) is 4.60. The minimum absolute atomic E-state index is 0.252. The SMILES string of the molecule is CC(c1ccc(F)c(Br)c1)N(CC(=O)O)CC(=O)O. The molecule has 5 nitrogen and oxygen atoms in total. The number of hydrogen-bond donors (Lipinski definition) is 2. The van der Waals surface area contributed by atoms with Gasteiger partial charge in [-0.2, -0.15) is 0 Å². The minimum atomic E-state index is -1.12. The quantitative estimate of drug-likeness (QED) is 0.833. The van der Waals surface area contributed by atoms with E-state index in [1.165, 1.54) is 23.1 Å². The number of benzene rings is 1. The zero-order chi connectivity index (χ0) is 14.6. The Balaban J connectivity index is 2.96. The Labute approximate surface area is 117 Å². The molecule has 0 saturated heterocycles. The zero-order valence-electron chi connectivity index (χ0n) is 10.1. The van der Waals surface area contributed by atoms with Crippen molar-refractivity contribution < 1.29 is 24.2 Å². The van der Waals surface area contributed by atoms with E-state index in [4.69, 9.17) is 10.2 Å². The Morgan fingerprint density at radius 2 is 1.84 bits per heavy atom. The Kier molecular flexibility index (Phi) is 5.44. The van der Waals surface area contributed by atoms with Gasteiger partial charge >= 0.3 is 11.9 Å². The van der Waals surface area contributed by atoms with Crippen LogP contribution in [-0.4, -0.2) is 40.1 Å². The Hall–Kier alpha value is -1.47. The molecule has 0 radical (unpaired) electrons. The second kappa shape index (κ2) is 6.63. The molecule has 1 unspecified atom stereocenters. The fraction of sp³-hybridized carbons (Fsp3) is 0.333. The number of carboxylic acids is 2. The molecular weight excluding hydrogens is 321 g/mol. The fourth-order valence-electron chi connectivity index (χ4n) is 1.66. The second-order valence-corrected chi connectivity index (χ2v) is 4.90. The lowest BCUT2D eigenvalue weighted by atomic mass is 10.1. The van der Waals surface area contributed by atoms with Crippen molar-refractivity contribution in [3.63, 3.8) is 0 Å². The molecule has 7 heteroatoms. The monoisotopic (exact) mass is 333 g/mol. The van der Waals surface area contributed by atoms with Crippen LogP contribution in [0.25, 0.3) is 0 Å². The molecule has 1 aromatic rings. The van der Waals surface area contributed by atoms with Crippen LogP contribution in [0.5, 0.6) is 0 Å². The van der Waals surface area contributed by atoms with Gasteiger partial charge in [0.1, 0.15) is 5.82 Å². The fourth-order valence-corrected chi connectivity index (χ4v) is 2.06. The Bertz CT molecular complexity index is 479. The first kappa shape index (κ1) is 15.6. The molecule has 0 aliphatic rings. The van der Waals surface area contributed by atoms with E-state index >= 15 is 0 Å². The van der Waals surface area contributed by atoms with E-state index in [0.717, 1.165) is 0 Å². The van der Waals surface area contributed by atoms with E-state index in [9.17, 15) is 14.0 Å². The van der Waals surface area contributed by atoms with Gasteiger partial charge in [-0.15, -0.1) is 0 Å². The molecule has 0 aromatic heterocycles. The number of rotatable bonds is 6. The highest BCUT2D eigenvalue weighted by Crippen LogP contribution is 2.24. The molecule has 19 heavy (non-hydrogen) atoms. The smallest absolute Gasteiger partial charge is 0.317 e. The average Bonchev–Trinajstić information content (AvgIpc) is 2.29. The number of aliphatic carboxylic acids is 2. The number of nitrogens with zero attached hydrogens (tertiary/aromatic N) is 1. The van der Waals surface area contributed by atoms with Crippen LogP contribution < -0.4 is 0 Å². The van der Waals surface area contributed by atoms with Gasteiger partial charge in [0, 0.05) is 6.04 Å². The van der Waals surface area contributed by atoms with Crippen molar-refractivity contribution in [2.24, 2.45) is 0 Å². The van der Waals surface area contributed by atoms with Crippen LogP contribution in [0.4, 0.5) is 4.39 Å². The van der Waals surface area contributed by atoms with Crippen LogP contribution in [0.1, 0.15) is 18.5 Å². The molecule has 2 N–H and O–H groups in total. The molecule has 0 aliphatic carbocycles. The third-order valence-corrected chi connectivity index (χ3v) is 3.26. The van der Waals surface area contributed by atoms with E-state index in [2.05, 4.69) is 15.9 Å². The maximum atomic E-state index is 13.1. The summed E-state index contributed by atoms with van der Waals surface area (Å²) in [7, 11) is 0. The molecule has 0 spiro atoms. The van der Waals surface area contributed by atoms with Crippen molar-refractivity contribution >= 4 is 27.9 Å². The number of carbonyl (C=O) groups is 2. The first-order valence-corrected chi connectivity index (χ1v) is 6.23. The van der Waals surface area contributed by atoms with Gasteiger partial charge < -0.3 is 10.2 Å². The lowest BCUT2D eigenvalue weighted by molar-refractivity contribution is -0.142. The second-order valence-electron chi connectivity index (χ2n) is 4.04. The van der Waals surface area contributed by atoms with Gasteiger partial charge in [-0.05, 0) is 40.5 Å². The standard InChI is InChI=1S/C12H13BrFNO4/c1-7(8-2-3-10(14)9(13)4-8)15(5-11(16)17)6-12(18)19/h2-4,7H,5-6H2,1H3,(H,16,17)(H,18,19). The van der Waals surface area contributed by atoms with E-state index in [-0.39, 0.29) is 4.47 Å². The third-order valence-electron chi connectivity index (χ3n) is 2.65. The maximum absolute atomic E-state index is 13.1. The van der Waals surface area contributed by atoms with E-state index in [1.54, 1.807) is 6.92 Å². The summed E-state index contributed by atoms with van der Waals surface area (Å²) in [6.07, 6.45) is 0. The zero-order valence-corrected chi connectivity index (χ0v) is 11.7. The van der Waals surface area contributed by atoms with Crippen LogP contribution in [0, 0.1) is 5.82 Å². The Morgan fingerprint density at radius 1 is 1.32 bits per heavy atom. The van der Waals surface area contributed by atoms with E-state index < -0.39 is 36.9 Å². The molecule has 0 heterocycles. The van der Waals surface area contributed by atoms with Gasteiger partial charge in [0.25, 0.3) is 0 Å². The van der Waals surface area contributed by atoms with Crippen LogP contribution in [0.15, 0.2) is 22.7 Å². The summed E-state index contributed by atoms with van der Waals surface area (Å²) in [5, 5.41) is 17.6. The van der Waals surface area contributed by atoms with E-state index in [0.29, 0.717) is 5.56 Å². The van der Waals surface area contributed by atoms with Crippen LogP contribution >= 0.6 is 15.9 Å². The highest BCUT2D eigenvalue weighted by atomic mass is 79.9. The van der Waals surface area contributed by atoms with Crippen LogP contribution in [-0.2, 0) is 9.59 Å². The van der Waals surface area contributed by atoms with Gasteiger partial charge in [0.15, 0.2) is 0 Å². The maximum Gasteiger partial charge on any atom is 0.317 e. The first-order valence-electron chi connectivity index (χ1n) is 5.44. The lowest BCUT2D eigenvalue weighted by Crippen LogP contribution is -2.36. The number of halogens is 2. The molecule has 0 fully saturated rings. The van der Waals surface area contributed by atoms with Gasteiger partial charge in [-0.3, -0.25) is 14.5 Å². The van der Waals surface area contributed by atoms with Crippen molar-refractivity contribution in [2.75, 3.05) is 13.1 Å². The number of carboxylic acid groups (broad SMARTS) is 2. The van der Waals surface area contributed by atoms with Gasteiger partial charge in [0.2, 0.25) is 0 Å². The van der Waals surface area contributed by atoms with E-state index in [1.807, 2.05) is 0 Å². The molecule has 0 amide bonds. The van der Waals surface area contributed by atoms with Crippen LogP contribution in [0.2, 0.25) is 0 Å². The first-order chi connectivity index (χ1) is 8.81. The van der Waals surface area contributed by atoms with Crippen molar-refractivity contribution in [2.45, 2.75) is 13.0 Å². The topological polar surface area (TPSA) is 77.8 Å². The predicted octanol–water partition coefficient (Wildman–Crippen LogP) is 2.12. The molecule has 0 bridgehead atoms. The summed E-state index contributed by atoms with van der Waals surface area (Å²) < 4.78 is 13.4. The van der Waals surface area contributed by atoms with Crippen molar-refractivity contribution in [1.29, 1.82) is 0 Å². The van der Waals surface area contributed by atoms with Crippen LogP contribution in [0.3, 0.4) is 0 Å². The molecule has 0 saturated carbocycles. The summed E-state index contributed by atoms with van der Waals surface area (Å²) in [5.74, 6) is -2.66. The van der Waals surface area contributed by atoms with Crippen molar-refractivity contribution in [3.05, 3.63) is 34.1 Å². The summed E-state index contributed by atoms with van der Waals surface area (Å²) in [6.45, 7) is 0.872. The van der Waals surface area contributed by atoms with Crippen molar-refractivity contribution in [3.8, 4) is 0 Å². The van der Waals surface area contributed by atoms with Crippen molar-refractivity contribution in [1.82, 2.24) is 4.90 Å². The number of hydrogen-bond acceptors (Lipinski definition) is 3. The molecule has 0 aliphatic heterocycles. The molecular formula is C12H13BrFNO4. The average molecular weight is 334 g/mol. The molecule has 1 rings (SSSR count). The van der Waals surface area contributed by atoms with Gasteiger partial charge in [-0.1, -0.05) is 6.07 Å².